The van der Waals surface area contributed by atoms with Crippen LogP contribution in [0, 0.1) is 11.3 Å². The molecule has 1 unspecified atom stereocenters. The molecule has 34 heavy (non-hydrogen) atoms. The number of alkyl halides is 1. The number of nitrogens with zero attached hydrogens (tertiary/aromatic N) is 2. The average Bonchev–Trinajstić information content (AvgIpc) is 2.81. The Morgan fingerprint density at radius 3 is 2.59 bits per heavy atom. The summed E-state index contributed by atoms with van der Waals surface area (Å²) in [4.78, 5) is 2.18. The minimum Gasteiger partial charge on any atom is -0.489 e. The van der Waals surface area contributed by atoms with Gasteiger partial charge in [0.15, 0.2) is 5.75 Å². The SMILES string of the molecule is CC(C)(c1ccc(N2CCOC(CNS(C)(=O)=O)C2)cc1)c1cc(Cl)c(OCCCl)c(C#N)c1. The highest BCUT2D eigenvalue weighted by Gasteiger charge is 2.27. The van der Waals surface area contributed by atoms with Crippen molar-refractivity contribution >= 4 is 38.9 Å². The van der Waals surface area contributed by atoms with Crippen molar-refractivity contribution in [1.82, 2.24) is 4.72 Å². The van der Waals surface area contributed by atoms with E-state index in [0.29, 0.717) is 35.4 Å². The fourth-order valence-electron chi connectivity index (χ4n) is 3.90. The Bertz CT molecular complexity index is 1150. The number of rotatable bonds is 9. The summed E-state index contributed by atoms with van der Waals surface area (Å²) in [6.07, 6.45) is 0.923. The normalized spacial score (nSPS) is 16.8. The number of benzene rings is 2. The smallest absolute Gasteiger partial charge is 0.208 e. The van der Waals surface area contributed by atoms with Crippen LogP contribution in [0.3, 0.4) is 0 Å². The number of anilines is 1. The van der Waals surface area contributed by atoms with Gasteiger partial charge in [0.05, 0.1) is 35.4 Å². The second-order valence-electron chi connectivity index (χ2n) is 8.72. The van der Waals surface area contributed by atoms with E-state index in [1.54, 1.807) is 0 Å². The Balaban J connectivity index is 1.78. The Morgan fingerprint density at radius 2 is 1.97 bits per heavy atom. The molecular formula is C24H29Cl2N3O4S. The van der Waals surface area contributed by atoms with Crippen molar-refractivity contribution in [2.45, 2.75) is 25.4 Å². The molecule has 1 heterocycles. The highest BCUT2D eigenvalue weighted by Crippen LogP contribution is 2.38. The second kappa shape index (κ2) is 11.1. The van der Waals surface area contributed by atoms with Crippen molar-refractivity contribution in [1.29, 1.82) is 5.26 Å². The van der Waals surface area contributed by atoms with Crippen LogP contribution in [0.15, 0.2) is 36.4 Å². The van der Waals surface area contributed by atoms with Crippen LogP contribution >= 0.6 is 23.2 Å². The predicted molar refractivity (Wildman–Crippen MR) is 136 cm³/mol. The Morgan fingerprint density at radius 1 is 1.26 bits per heavy atom. The first-order chi connectivity index (χ1) is 16.0. The lowest BCUT2D eigenvalue weighted by atomic mass is 9.77. The number of nitrogens with one attached hydrogen (secondary N) is 1. The molecule has 1 saturated heterocycles. The lowest BCUT2D eigenvalue weighted by Crippen LogP contribution is -2.47. The van der Waals surface area contributed by atoms with Crippen LogP contribution in [0.4, 0.5) is 5.69 Å². The predicted octanol–water partition coefficient (Wildman–Crippen LogP) is 3.91. The lowest BCUT2D eigenvalue weighted by Gasteiger charge is -2.35. The van der Waals surface area contributed by atoms with Crippen LogP contribution in [-0.2, 0) is 20.2 Å². The van der Waals surface area contributed by atoms with Crippen LogP contribution in [0.2, 0.25) is 5.02 Å². The van der Waals surface area contributed by atoms with Crippen molar-refractivity contribution in [2.24, 2.45) is 0 Å². The van der Waals surface area contributed by atoms with Crippen molar-refractivity contribution in [3.63, 3.8) is 0 Å². The minimum absolute atomic E-state index is 0.217. The Kier molecular flexibility index (Phi) is 8.72. The van der Waals surface area contributed by atoms with E-state index in [2.05, 4.69) is 41.7 Å². The molecule has 10 heteroatoms. The molecule has 2 aromatic carbocycles. The summed E-state index contributed by atoms with van der Waals surface area (Å²) >= 11 is 12.2. The molecule has 0 aliphatic carbocycles. The van der Waals surface area contributed by atoms with Gasteiger partial charge in [-0.05, 0) is 35.4 Å². The summed E-state index contributed by atoms with van der Waals surface area (Å²) in [5, 5.41) is 9.99. The standard InChI is InChI=1S/C24H29Cl2N3O4S/c1-24(2,19-12-17(14-27)23(22(26)13-19)33-10-8-25)18-4-6-20(7-5-18)29-9-11-32-21(16-29)15-28-34(3,30)31/h4-7,12-13,21,28H,8-11,15-16H2,1-3H3. The number of nitriles is 1. The summed E-state index contributed by atoms with van der Waals surface area (Å²) < 4.78 is 36.5. The first kappa shape index (κ1) is 26.6. The van der Waals surface area contributed by atoms with Gasteiger partial charge in [-0.2, -0.15) is 5.26 Å². The van der Waals surface area contributed by atoms with Crippen molar-refractivity contribution in [3.05, 3.63) is 58.1 Å². The molecule has 1 N–H and O–H groups in total. The molecule has 3 rings (SSSR count). The van der Waals surface area contributed by atoms with Gasteiger partial charge < -0.3 is 14.4 Å². The Hall–Kier alpha value is -2.02. The summed E-state index contributed by atoms with van der Waals surface area (Å²) in [5.41, 5.74) is 2.96. The molecule has 1 fully saturated rings. The van der Waals surface area contributed by atoms with E-state index < -0.39 is 15.4 Å². The molecule has 2 aromatic rings. The lowest BCUT2D eigenvalue weighted by molar-refractivity contribution is 0.0443. The highest BCUT2D eigenvalue weighted by molar-refractivity contribution is 7.88. The monoisotopic (exact) mass is 525 g/mol. The first-order valence-electron chi connectivity index (χ1n) is 10.9. The summed E-state index contributed by atoms with van der Waals surface area (Å²) in [5.74, 6) is 0.658. The van der Waals surface area contributed by atoms with Crippen LogP contribution in [0.25, 0.3) is 0 Å². The highest BCUT2D eigenvalue weighted by atomic mass is 35.5. The molecular weight excluding hydrogens is 497 g/mol. The Labute approximate surface area is 211 Å². The van der Waals surface area contributed by atoms with E-state index in [0.717, 1.165) is 29.6 Å². The van der Waals surface area contributed by atoms with Gasteiger partial charge in [-0.25, -0.2) is 13.1 Å². The maximum Gasteiger partial charge on any atom is 0.208 e. The second-order valence-corrected chi connectivity index (χ2v) is 11.3. The van der Waals surface area contributed by atoms with E-state index >= 15 is 0 Å². The fraction of sp³-hybridized carbons (Fsp3) is 0.458. The van der Waals surface area contributed by atoms with Crippen molar-refractivity contribution in [2.75, 3.05) is 49.9 Å². The molecule has 0 aromatic heterocycles. The van der Waals surface area contributed by atoms with Gasteiger partial charge in [-0.15, -0.1) is 11.6 Å². The zero-order valence-electron chi connectivity index (χ0n) is 19.5. The van der Waals surface area contributed by atoms with Gasteiger partial charge in [-0.1, -0.05) is 37.6 Å². The zero-order chi connectivity index (χ0) is 24.9. The van der Waals surface area contributed by atoms with E-state index in [1.807, 2.05) is 24.3 Å². The number of ether oxygens (including phenoxy) is 2. The quantitative estimate of drug-likeness (QED) is 0.499. The minimum atomic E-state index is -3.26. The topological polar surface area (TPSA) is 91.7 Å². The van der Waals surface area contributed by atoms with Gasteiger partial charge >= 0.3 is 0 Å². The van der Waals surface area contributed by atoms with Gasteiger partial charge in [0.2, 0.25) is 10.0 Å². The third-order valence-corrected chi connectivity index (χ3v) is 7.00. The number of morpholine rings is 1. The largest absolute Gasteiger partial charge is 0.489 e. The van der Waals surface area contributed by atoms with Gasteiger partial charge in [0, 0.05) is 30.7 Å². The molecule has 0 saturated carbocycles. The van der Waals surface area contributed by atoms with Gasteiger partial charge in [-0.3, -0.25) is 0 Å². The summed E-state index contributed by atoms with van der Waals surface area (Å²) in [6, 6.07) is 14.0. The maximum atomic E-state index is 11.4. The molecule has 1 aliphatic heterocycles. The van der Waals surface area contributed by atoms with Crippen LogP contribution in [-0.4, -0.2) is 59.5 Å². The van der Waals surface area contributed by atoms with E-state index in [4.69, 9.17) is 32.7 Å². The molecule has 0 spiro atoms. The zero-order valence-corrected chi connectivity index (χ0v) is 21.8. The number of halogens is 2. The summed E-state index contributed by atoms with van der Waals surface area (Å²) in [6.45, 7) is 6.52. The third kappa shape index (κ3) is 6.55. The van der Waals surface area contributed by atoms with Gasteiger partial charge in [0.1, 0.15) is 12.7 Å². The van der Waals surface area contributed by atoms with Crippen molar-refractivity contribution in [3.8, 4) is 11.8 Å². The van der Waals surface area contributed by atoms with Gasteiger partial charge in [0.25, 0.3) is 0 Å². The molecule has 0 radical (unpaired) electrons. The average molecular weight is 526 g/mol. The molecule has 184 valence electrons. The van der Waals surface area contributed by atoms with Crippen LogP contribution < -0.4 is 14.4 Å². The van der Waals surface area contributed by atoms with Crippen LogP contribution in [0.1, 0.15) is 30.5 Å². The summed E-state index contributed by atoms with van der Waals surface area (Å²) in [7, 11) is -3.26. The fourth-order valence-corrected chi connectivity index (χ4v) is 4.74. The molecule has 0 amide bonds. The van der Waals surface area contributed by atoms with Crippen LogP contribution in [0.5, 0.6) is 5.75 Å². The van der Waals surface area contributed by atoms with E-state index in [-0.39, 0.29) is 19.3 Å². The number of hydrogen-bond acceptors (Lipinski definition) is 6. The molecule has 1 aliphatic rings. The molecule has 0 bridgehead atoms. The van der Waals surface area contributed by atoms with E-state index in [1.165, 1.54) is 0 Å². The first-order valence-corrected chi connectivity index (χ1v) is 13.7. The molecule has 7 nitrogen and oxygen atoms in total. The third-order valence-electron chi connectivity index (χ3n) is 5.88. The maximum absolute atomic E-state index is 11.4. The van der Waals surface area contributed by atoms with Crippen molar-refractivity contribution < 1.29 is 17.9 Å². The molecule has 1 atom stereocenters. The number of sulfonamides is 1. The van der Waals surface area contributed by atoms with E-state index in [9.17, 15) is 13.7 Å². The number of hydrogen-bond donors (Lipinski definition) is 1.